The quantitative estimate of drug-likeness (QED) is 0.677. The third-order valence-corrected chi connectivity index (χ3v) is 3.02. The average Bonchev–Trinajstić information content (AvgIpc) is 2.44. The van der Waals surface area contributed by atoms with Crippen LogP contribution in [0, 0.1) is 6.92 Å². The summed E-state index contributed by atoms with van der Waals surface area (Å²) >= 11 is 0. The fourth-order valence-corrected chi connectivity index (χ4v) is 2.14. The van der Waals surface area contributed by atoms with Crippen molar-refractivity contribution in [3.05, 3.63) is 17.0 Å². The third kappa shape index (κ3) is 1.46. The highest BCUT2D eigenvalue weighted by Crippen LogP contribution is 2.23. The van der Waals surface area contributed by atoms with Crippen LogP contribution in [0.1, 0.15) is 36.7 Å². The lowest BCUT2D eigenvalue weighted by atomic mass is 10.0. The Hall–Kier alpha value is -0.830. The van der Waals surface area contributed by atoms with E-state index in [-0.39, 0.29) is 0 Å². The molecule has 0 aromatic carbocycles. The van der Waals surface area contributed by atoms with Gasteiger partial charge in [0.05, 0.1) is 17.9 Å². The van der Waals surface area contributed by atoms with E-state index < -0.39 is 0 Å². The predicted molar refractivity (Wildman–Crippen MR) is 57.4 cm³/mol. The van der Waals surface area contributed by atoms with Gasteiger partial charge >= 0.3 is 0 Å². The second-order valence-corrected chi connectivity index (χ2v) is 4.57. The molecule has 0 spiro atoms. The largest absolute Gasteiger partial charge is 0.299 e. The first-order valence-electron chi connectivity index (χ1n) is 5.34. The molecule has 2 heterocycles. The first-order chi connectivity index (χ1) is 6.59. The van der Waals surface area contributed by atoms with Crippen LogP contribution in [0.25, 0.3) is 0 Å². The molecular formula is C11H19N3. The molecule has 0 aliphatic carbocycles. The molecule has 2 rings (SSSR count). The van der Waals surface area contributed by atoms with Gasteiger partial charge in [-0.25, -0.2) is 0 Å². The lowest BCUT2D eigenvalue weighted by Gasteiger charge is -2.23. The molecule has 0 unspecified atom stereocenters. The Morgan fingerprint density at radius 3 is 2.64 bits per heavy atom. The molecule has 1 aliphatic rings. The minimum atomic E-state index is 0.540. The van der Waals surface area contributed by atoms with Gasteiger partial charge in [-0.1, -0.05) is 13.8 Å². The standard InChI is InChI=1S/C11H19N3/c1-8(2)11-9(3)10-7-13(4)5-6-14(10)12-11/h8H,5-7H2,1-4H3. The summed E-state index contributed by atoms with van der Waals surface area (Å²) in [5, 5.41) is 4.67. The smallest absolute Gasteiger partial charge is 0.0682 e. The Morgan fingerprint density at radius 2 is 2.00 bits per heavy atom. The SMILES string of the molecule is Cc1c(C(C)C)nn2c1CN(C)CC2. The predicted octanol–water partition coefficient (Wildman–Crippen LogP) is 1.76. The number of fused-ring (bicyclic) bond motifs is 1. The highest BCUT2D eigenvalue weighted by atomic mass is 15.3. The van der Waals surface area contributed by atoms with Crippen molar-refractivity contribution in [3.8, 4) is 0 Å². The number of aromatic nitrogens is 2. The maximum absolute atomic E-state index is 4.67. The third-order valence-electron chi connectivity index (χ3n) is 3.02. The molecule has 3 nitrogen and oxygen atoms in total. The van der Waals surface area contributed by atoms with Crippen LogP contribution in [0.4, 0.5) is 0 Å². The van der Waals surface area contributed by atoms with Crippen molar-refractivity contribution in [1.29, 1.82) is 0 Å². The van der Waals surface area contributed by atoms with Crippen LogP contribution in [-0.2, 0) is 13.1 Å². The van der Waals surface area contributed by atoms with Crippen LogP contribution in [0.15, 0.2) is 0 Å². The lowest BCUT2D eigenvalue weighted by molar-refractivity contribution is 0.258. The Labute approximate surface area is 85.7 Å². The number of rotatable bonds is 1. The fourth-order valence-electron chi connectivity index (χ4n) is 2.14. The molecule has 0 bridgehead atoms. The molecular weight excluding hydrogens is 174 g/mol. The molecule has 0 radical (unpaired) electrons. The molecule has 1 aromatic heterocycles. The van der Waals surface area contributed by atoms with Gasteiger partial charge in [0.25, 0.3) is 0 Å². The topological polar surface area (TPSA) is 21.1 Å². The Balaban J connectivity index is 2.41. The van der Waals surface area contributed by atoms with Gasteiger partial charge in [-0.2, -0.15) is 5.10 Å². The first-order valence-corrected chi connectivity index (χ1v) is 5.34. The second kappa shape index (κ2) is 3.39. The molecule has 0 amide bonds. The summed E-state index contributed by atoms with van der Waals surface area (Å²) in [5.74, 6) is 0.540. The molecule has 1 aromatic rings. The van der Waals surface area contributed by atoms with Crippen molar-refractivity contribution in [2.45, 2.75) is 39.8 Å². The van der Waals surface area contributed by atoms with Crippen LogP contribution >= 0.6 is 0 Å². The molecule has 0 saturated carbocycles. The van der Waals surface area contributed by atoms with Gasteiger partial charge in [-0.05, 0) is 25.5 Å². The molecule has 0 fully saturated rings. The van der Waals surface area contributed by atoms with Gasteiger partial charge in [0, 0.05) is 13.1 Å². The highest BCUT2D eigenvalue weighted by Gasteiger charge is 2.20. The minimum Gasteiger partial charge on any atom is -0.299 e. The van der Waals surface area contributed by atoms with Crippen LogP contribution in [-0.4, -0.2) is 28.3 Å². The summed E-state index contributed by atoms with van der Waals surface area (Å²) in [6.07, 6.45) is 0. The maximum Gasteiger partial charge on any atom is 0.0682 e. The van der Waals surface area contributed by atoms with Gasteiger partial charge < -0.3 is 0 Å². The number of nitrogens with zero attached hydrogens (tertiary/aromatic N) is 3. The molecule has 0 atom stereocenters. The van der Waals surface area contributed by atoms with Crippen molar-refractivity contribution >= 4 is 0 Å². The van der Waals surface area contributed by atoms with Crippen LogP contribution < -0.4 is 0 Å². The van der Waals surface area contributed by atoms with Crippen LogP contribution in [0.2, 0.25) is 0 Å². The van der Waals surface area contributed by atoms with E-state index in [0.717, 1.165) is 19.6 Å². The lowest BCUT2D eigenvalue weighted by Crippen LogP contribution is -2.30. The molecule has 0 N–H and O–H groups in total. The molecule has 1 aliphatic heterocycles. The second-order valence-electron chi connectivity index (χ2n) is 4.57. The number of hydrogen-bond acceptors (Lipinski definition) is 2. The zero-order valence-electron chi connectivity index (χ0n) is 9.54. The highest BCUT2D eigenvalue weighted by molar-refractivity contribution is 5.27. The Bertz CT molecular complexity index is 339. The van der Waals surface area contributed by atoms with Crippen molar-refractivity contribution in [2.24, 2.45) is 0 Å². The summed E-state index contributed by atoms with van der Waals surface area (Å²) in [6, 6.07) is 0. The van der Waals surface area contributed by atoms with E-state index in [1.54, 1.807) is 0 Å². The minimum absolute atomic E-state index is 0.540. The van der Waals surface area contributed by atoms with Gasteiger partial charge in [-0.15, -0.1) is 0 Å². The summed E-state index contributed by atoms with van der Waals surface area (Å²) in [6.45, 7) is 9.83. The van der Waals surface area contributed by atoms with E-state index in [1.807, 2.05) is 0 Å². The monoisotopic (exact) mass is 193 g/mol. The van der Waals surface area contributed by atoms with Crippen molar-refractivity contribution < 1.29 is 0 Å². The van der Waals surface area contributed by atoms with Gasteiger partial charge in [0.2, 0.25) is 0 Å². The summed E-state index contributed by atoms with van der Waals surface area (Å²) in [7, 11) is 2.17. The van der Waals surface area contributed by atoms with Gasteiger partial charge in [-0.3, -0.25) is 9.58 Å². The molecule has 78 valence electrons. The van der Waals surface area contributed by atoms with Crippen LogP contribution in [0.3, 0.4) is 0 Å². The van der Waals surface area contributed by atoms with E-state index in [4.69, 9.17) is 0 Å². The Morgan fingerprint density at radius 1 is 1.29 bits per heavy atom. The van der Waals surface area contributed by atoms with Crippen LogP contribution in [0.5, 0.6) is 0 Å². The van der Waals surface area contributed by atoms with E-state index in [0.29, 0.717) is 5.92 Å². The molecule has 3 heteroatoms. The zero-order chi connectivity index (χ0) is 10.3. The summed E-state index contributed by atoms with van der Waals surface area (Å²) in [5.41, 5.74) is 4.07. The van der Waals surface area contributed by atoms with E-state index >= 15 is 0 Å². The average molecular weight is 193 g/mol. The van der Waals surface area contributed by atoms with E-state index in [1.165, 1.54) is 17.0 Å². The zero-order valence-corrected chi connectivity index (χ0v) is 9.54. The first kappa shape index (κ1) is 9.71. The fraction of sp³-hybridized carbons (Fsp3) is 0.727. The van der Waals surface area contributed by atoms with Crippen molar-refractivity contribution in [1.82, 2.24) is 14.7 Å². The van der Waals surface area contributed by atoms with Crippen molar-refractivity contribution in [2.75, 3.05) is 13.6 Å². The summed E-state index contributed by atoms with van der Waals surface area (Å²) in [4.78, 5) is 2.36. The van der Waals surface area contributed by atoms with Gasteiger partial charge in [0.1, 0.15) is 0 Å². The molecule has 0 saturated heterocycles. The van der Waals surface area contributed by atoms with Gasteiger partial charge in [0.15, 0.2) is 0 Å². The number of likely N-dealkylation sites (N-methyl/N-ethyl adjacent to an activating group) is 1. The Kier molecular flexibility index (Phi) is 2.35. The van der Waals surface area contributed by atoms with E-state index in [9.17, 15) is 0 Å². The molecule has 14 heavy (non-hydrogen) atoms. The normalized spacial score (nSPS) is 17.5. The summed E-state index contributed by atoms with van der Waals surface area (Å²) < 4.78 is 2.19. The number of hydrogen-bond donors (Lipinski definition) is 0. The van der Waals surface area contributed by atoms with E-state index in [2.05, 4.69) is 42.5 Å². The maximum atomic E-state index is 4.67. The van der Waals surface area contributed by atoms with Crippen molar-refractivity contribution in [3.63, 3.8) is 0 Å².